The van der Waals surface area contributed by atoms with Crippen molar-refractivity contribution in [3.63, 3.8) is 0 Å². The number of amides is 2. The smallest absolute Gasteiger partial charge is 0.486 e. The van der Waals surface area contributed by atoms with Crippen molar-refractivity contribution >= 4 is 44.9 Å². The van der Waals surface area contributed by atoms with Crippen LogP contribution in [0.15, 0.2) is 62.3 Å². The number of aromatic nitrogens is 2. The molecule has 1 aliphatic heterocycles. The van der Waals surface area contributed by atoms with Crippen LogP contribution in [0.25, 0.3) is 0 Å². The predicted octanol–water partition coefficient (Wildman–Crippen LogP) is 2.05. The second-order valence-corrected chi connectivity index (χ2v) is 12.0. The molecule has 2 aromatic carbocycles. The molecule has 1 aromatic heterocycles. The van der Waals surface area contributed by atoms with Gasteiger partial charge in [-0.25, -0.2) is 4.68 Å². The highest BCUT2D eigenvalue weighted by Crippen LogP contribution is 2.34. The first-order valence-corrected chi connectivity index (χ1v) is 14.8. The number of alkyl halides is 3. The van der Waals surface area contributed by atoms with E-state index in [1.165, 1.54) is 45.8 Å². The number of halogens is 3. The fourth-order valence-corrected chi connectivity index (χ4v) is 5.82. The Kier molecular flexibility index (Phi) is 8.04. The van der Waals surface area contributed by atoms with Crippen molar-refractivity contribution in [1.82, 2.24) is 15.1 Å². The lowest BCUT2D eigenvalue weighted by Crippen LogP contribution is -2.45. The zero-order chi connectivity index (χ0) is 31.1. The van der Waals surface area contributed by atoms with Gasteiger partial charge >= 0.3 is 6.36 Å². The first-order valence-electron chi connectivity index (χ1n) is 12.9. The molecule has 0 bridgehead atoms. The summed E-state index contributed by atoms with van der Waals surface area (Å²) in [4.78, 5) is 29.3. The minimum absolute atomic E-state index is 0.0533. The third-order valence-corrected chi connectivity index (χ3v) is 8.45. The summed E-state index contributed by atoms with van der Waals surface area (Å²) < 4.78 is 77.4. The lowest BCUT2D eigenvalue weighted by molar-refractivity contribution is -0.752. The molecule has 228 valence electrons. The second-order valence-electron chi connectivity index (χ2n) is 10.0. The summed E-state index contributed by atoms with van der Waals surface area (Å²) in [6, 6.07) is 9.46. The molecule has 2 fully saturated rings. The third-order valence-electron chi connectivity index (χ3n) is 6.74. The van der Waals surface area contributed by atoms with Crippen molar-refractivity contribution < 1.29 is 45.1 Å². The second kappa shape index (κ2) is 11.4. The number of rotatable bonds is 9. The molecule has 2 heterocycles. The highest BCUT2D eigenvalue weighted by Gasteiger charge is 2.49. The fourth-order valence-electron chi connectivity index (χ4n) is 4.44. The van der Waals surface area contributed by atoms with E-state index in [1.807, 2.05) is 6.92 Å². The van der Waals surface area contributed by atoms with Crippen LogP contribution in [0, 0.1) is 6.92 Å². The van der Waals surface area contributed by atoms with Gasteiger partial charge in [-0.2, -0.15) is 8.42 Å². The molecule has 1 aliphatic carbocycles. The van der Waals surface area contributed by atoms with Crippen LogP contribution in [0.3, 0.4) is 0 Å². The van der Waals surface area contributed by atoms with Crippen LogP contribution in [-0.2, 0) is 33.2 Å². The van der Waals surface area contributed by atoms with E-state index in [4.69, 9.17) is 16.7 Å². The van der Waals surface area contributed by atoms with Gasteiger partial charge in [-0.15, -0.1) is 17.6 Å². The maximum Gasteiger partial charge on any atom is 0.573 e. The molecule has 2 aliphatic rings. The van der Waals surface area contributed by atoms with Crippen molar-refractivity contribution in [2.24, 2.45) is 11.4 Å². The van der Waals surface area contributed by atoms with Gasteiger partial charge in [0.05, 0.1) is 11.3 Å². The topological polar surface area (TPSA) is 139 Å². The highest BCUT2D eigenvalue weighted by molar-refractivity contribution is 7.90. The molecular weight excluding hydrogens is 613 g/mol. The Morgan fingerprint density at radius 1 is 1.19 bits per heavy atom. The molecule has 3 aromatic rings. The maximum atomic E-state index is 13.4. The molecule has 1 unspecified atom stereocenters. The largest absolute Gasteiger partial charge is 0.573 e. The number of anilines is 1. The number of thiocarbonyl (C=S) groups is 1. The van der Waals surface area contributed by atoms with Gasteiger partial charge in [0.1, 0.15) is 25.4 Å². The van der Waals surface area contributed by atoms with Crippen LogP contribution in [0.2, 0.25) is 0 Å². The number of nitrogens with one attached hydrogen (secondary N) is 1. The average Bonchev–Trinajstić information content (AvgIpc) is 3.66. The number of nitrogens with zero attached hydrogens (tertiary/aromatic N) is 5. The minimum Gasteiger partial charge on any atom is -0.486 e. The minimum atomic E-state index is -4.86. The number of hydrogen-bond acceptors (Lipinski definition) is 7. The van der Waals surface area contributed by atoms with E-state index in [0.717, 1.165) is 30.5 Å². The average molecular weight is 639 g/mol. The number of sulfonamides is 1. The van der Waals surface area contributed by atoms with Gasteiger partial charge in [-0.05, 0) is 68.4 Å². The number of aryl methyl sites for hydroxylation is 2. The SMILES string of the molecule is Cc1ccc(S(=O)(=O)/N=c2\o[n-][n+](C)c2CN2C(=S)N(C3CC3)C(=O)C2CC(=O)Nc2ccc(OC(F)(F)F)cc2)cc1. The Hall–Kier alpha value is -4.25. The molecule has 2 amide bonds. The summed E-state index contributed by atoms with van der Waals surface area (Å²) in [7, 11) is -2.67. The lowest BCUT2D eigenvalue weighted by atomic mass is 10.1. The van der Waals surface area contributed by atoms with E-state index in [1.54, 1.807) is 12.1 Å². The number of benzene rings is 2. The van der Waals surface area contributed by atoms with E-state index in [0.29, 0.717) is 0 Å². The van der Waals surface area contributed by atoms with E-state index < -0.39 is 40.0 Å². The van der Waals surface area contributed by atoms with Crippen LogP contribution >= 0.6 is 12.2 Å². The van der Waals surface area contributed by atoms with Gasteiger partial charge in [0.25, 0.3) is 27.2 Å². The van der Waals surface area contributed by atoms with Crippen molar-refractivity contribution in [2.75, 3.05) is 5.32 Å². The summed E-state index contributed by atoms with van der Waals surface area (Å²) in [5, 5.41) is 6.51. The Morgan fingerprint density at radius 3 is 2.44 bits per heavy atom. The van der Waals surface area contributed by atoms with E-state index in [2.05, 4.69) is 19.7 Å². The molecule has 17 heteroatoms. The number of carbonyl (C=O) groups excluding carboxylic acids is 2. The first kappa shape index (κ1) is 30.2. The molecule has 12 nitrogen and oxygen atoms in total. The van der Waals surface area contributed by atoms with Crippen molar-refractivity contribution in [3.8, 4) is 5.75 Å². The van der Waals surface area contributed by atoms with Gasteiger partial charge in [0.2, 0.25) is 5.91 Å². The number of carbonyl (C=O) groups is 2. The Labute approximate surface area is 248 Å². The maximum absolute atomic E-state index is 13.4. The number of ether oxygens (including phenoxy) is 1. The normalized spacial score (nSPS) is 18.0. The van der Waals surface area contributed by atoms with Crippen LogP contribution in [0.4, 0.5) is 18.9 Å². The molecular formula is C26H25F3N6O6S2. The molecule has 0 spiro atoms. The highest BCUT2D eigenvalue weighted by atomic mass is 32.2. The predicted molar refractivity (Wildman–Crippen MR) is 145 cm³/mol. The van der Waals surface area contributed by atoms with Gasteiger partial charge in [0.15, 0.2) is 5.11 Å². The van der Waals surface area contributed by atoms with Gasteiger partial charge in [0, 0.05) is 11.7 Å². The molecule has 1 saturated carbocycles. The van der Waals surface area contributed by atoms with Crippen molar-refractivity contribution in [2.45, 2.75) is 56.1 Å². The first-order chi connectivity index (χ1) is 20.2. The van der Waals surface area contributed by atoms with Gasteiger partial charge < -0.3 is 19.5 Å². The van der Waals surface area contributed by atoms with Crippen LogP contribution < -0.4 is 25.6 Å². The third kappa shape index (κ3) is 6.88. The molecule has 1 saturated heterocycles. The fraction of sp³-hybridized carbons (Fsp3) is 0.346. The zero-order valence-corrected chi connectivity index (χ0v) is 24.4. The monoisotopic (exact) mass is 638 g/mol. The summed E-state index contributed by atoms with van der Waals surface area (Å²) in [6.45, 7) is 1.66. The van der Waals surface area contributed by atoms with Gasteiger partial charge in [-0.3, -0.25) is 19.8 Å². The summed E-state index contributed by atoms with van der Waals surface area (Å²) in [5.74, 6) is -1.46. The Morgan fingerprint density at radius 2 is 1.84 bits per heavy atom. The van der Waals surface area contributed by atoms with E-state index >= 15 is 0 Å². The standard InChI is InChI=1S/C26H25F3N6O6S2/c1-15-3-11-19(12-4-15)43(38,39)31-23-21(33(2)32-41-23)14-34-20(24(37)35(25(34)42)17-7-8-17)13-22(36)30-16-5-9-18(10-6-16)40-26(27,28)29/h3-6,9-12,17,20H,7-8,13-14H2,1-2H3,(H,30,36)/b31-23-. The van der Waals surface area contributed by atoms with Crippen molar-refractivity contribution in [3.05, 3.63) is 65.3 Å². The van der Waals surface area contributed by atoms with Gasteiger partial charge in [-0.1, -0.05) is 17.7 Å². The van der Waals surface area contributed by atoms with Crippen molar-refractivity contribution in [1.29, 1.82) is 0 Å². The van der Waals surface area contributed by atoms with Crippen LogP contribution in [0.1, 0.15) is 30.5 Å². The lowest BCUT2D eigenvalue weighted by Gasteiger charge is -2.22. The summed E-state index contributed by atoms with van der Waals surface area (Å²) >= 11 is 5.61. The Balaban J connectivity index is 1.38. The Bertz CT molecular complexity index is 1730. The summed E-state index contributed by atoms with van der Waals surface area (Å²) in [6.07, 6.45) is -3.74. The molecule has 1 N–H and O–H groups in total. The molecule has 0 radical (unpaired) electrons. The zero-order valence-electron chi connectivity index (χ0n) is 22.7. The molecule has 43 heavy (non-hydrogen) atoms. The quantitative estimate of drug-likeness (QED) is 0.276. The van der Waals surface area contributed by atoms with E-state index in [-0.39, 0.29) is 46.0 Å². The molecule has 1 atom stereocenters. The van der Waals surface area contributed by atoms with Crippen LogP contribution in [-0.4, -0.2) is 53.6 Å². The van der Waals surface area contributed by atoms with E-state index in [9.17, 15) is 31.2 Å². The van der Waals surface area contributed by atoms with Crippen LogP contribution in [0.5, 0.6) is 5.75 Å². The summed E-state index contributed by atoms with van der Waals surface area (Å²) in [5.41, 5.74) is 0.924. The molecule has 5 rings (SSSR count). The number of hydrogen-bond donors (Lipinski definition) is 1.